The van der Waals surface area contributed by atoms with Crippen LogP contribution in [0.4, 0.5) is 10.5 Å². The predicted octanol–water partition coefficient (Wildman–Crippen LogP) is 6.13. The lowest BCUT2D eigenvalue weighted by atomic mass is 10.1. The van der Waals surface area contributed by atoms with Gasteiger partial charge in [0.05, 0.1) is 10.0 Å². The van der Waals surface area contributed by atoms with Crippen LogP contribution in [-0.4, -0.2) is 44.2 Å². The van der Waals surface area contributed by atoms with Crippen molar-refractivity contribution in [2.45, 2.75) is 49.5 Å². The van der Waals surface area contributed by atoms with Gasteiger partial charge >= 0.3 is 6.09 Å². The minimum atomic E-state index is -3.76. The molecule has 4 rings (SSSR count). The maximum absolute atomic E-state index is 12.8. The number of nitrogens with zero attached hydrogens (tertiary/aromatic N) is 1. The van der Waals surface area contributed by atoms with E-state index >= 15 is 0 Å². The zero-order valence-corrected chi connectivity index (χ0v) is 21.6. The molecule has 0 saturated carbocycles. The highest BCUT2D eigenvalue weighted by Crippen LogP contribution is 2.35. The first-order valence-corrected chi connectivity index (χ1v) is 13.6. The summed E-state index contributed by atoms with van der Waals surface area (Å²) in [6.45, 7) is 6.67. The second-order valence-electron chi connectivity index (χ2n) is 9.11. The van der Waals surface area contributed by atoms with Crippen LogP contribution in [0, 0.1) is 0 Å². The Bertz CT molecular complexity index is 1290. The topological polar surface area (TPSA) is 84.9 Å². The summed E-state index contributed by atoms with van der Waals surface area (Å²) in [5, 5.41) is 1.54. The van der Waals surface area contributed by atoms with E-state index in [4.69, 9.17) is 21.1 Å². The number of thiophene rings is 1. The molecule has 0 aliphatic carbocycles. The van der Waals surface area contributed by atoms with Crippen molar-refractivity contribution in [3.8, 4) is 5.75 Å². The summed E-state index contributed by atoms with van der Waals surface area (Å²) in [5.74, 6) is 0.674. The van der Waals surface area contributed by atoms with E-state index in [0.29, 0.717) is 41.7 Å². The number of halogens is 1. The SMILES string of the molecule is CC(C)(C)OC(=O)N1CCC(Oc2ccc(NS(=O)(=O)c3ccc(Cl)s3)c3ccccc23)CC1. The van der Waals surface area contributed by atoms with E-state index in [1.165, 1.54) is 6.07 Å². The molecule has 1 N–H and O–H groups in total. The summed E-state index contributed by atoms with van der Waals surface area (Å²) in [7, 11) is -3.76. The predicted molar refractivity (Wildman–Crippen MR) is 136 cm³/mol. The molecule has 10 heteroatoms. The molecule has 0 atom stereocenters. The largest absolute Gasteiger partial charge is 0.490 e. The fourth-order valence-electron chi connectivity index (χ4n) is 3.76. The highest BCUT2D eigenvalue weighted by atomic mass is 35.5. The molecule has 0 spiro atoms. The van der Waals surface area contributed by atoms with Gasteiger partial charge < -0.3 is 14.4 Å². The number of hydrogen-bond donors (Lipinski definition) is 1. The summed E-state index contributed by atoms with van der Waals surface area (Å²) < 4.78 is 40.6. The van der Waals surface area contributed by atoms with Gasteiger partial charge in [0.15, 0.2) is 0 Å². The third-order valence-electron chi connectivity index (χ3n) is 5.33. The highest BCUT2D eigenvalue weighted by molar-refractivity contribution is 7.94. The Morgan fingerprint density at radius 2 is 1.74 bits per heavy atom. The van der Waals surface area contributed by atoms with Gasteiger partial charge in [0.1, 0.15) is 21.7 Å². The molecule has 0 unspecified atom stereocenters. The van der Waals surface area contributed by atoms with Gasteiger partial charge in [-0.1, -0.05) is 35.9 Å². The van der Waals surface area contributed by atoms with Crippen LogP contribution in [0.25, 0.3) is 10.8 Å². The Morgan fingerprint density at radius 3 is 2.35 bits per heavy atom. The quantitative estimate of drug-likeness (QED) is 0.435. The number of rotatable bonds is 5. The number of nitrogens with one attached hydrogen (secondary N) is 1. The molecule has 1 saturated heterocycles. The van der Waals surface area contributed by atoms with Crippen molar-refractivity contribution in [3.63, 3.8) is 0 Å². The summed E-state index contributed by atoms with van der Waals surface area (Å²) in [4.78, 5) is 14.0. The second-order valence-corrected chi connectivity index (χ2v) is 12.7. The van der Waals surface area contributed by atoms with E-state index in [2.05, 4.69) is 4.72 Å². The Balaban J connectivity index is 1.48. The van der Waals surface area contributed by atoms with Gasteiger partial charge in [-0.2, -0.15) is 0 Å². The maximum atomic E-state index is 12.8. The molecular formula is C24H27ClN2O5S2. The van der Waals surface area contributed by atoms with Crippen molar-refractivity contribution < 1.29 is 22.7 Å². The van der Waals surface area contributed by atoms with Gasteiger partial charge in [-0.15, -0.1) is 11.3 Å². The number of hydrogen-bond acceptors (Lipinski definition) is 6. The average Bonchev–Trinajstić information content (AvgIpc) is 3.22. The summed E-state index contributed by atoms with van der Waals surface area (Å²) in [5.41, 5.74) is -0.0604. The molecule has 3 aromatic rings. The van der Waals surface area contributed by atoms with Crippen molar-refractivity contribution in [1.82, 2.24) is 4.90 Å². The standard InChI is InChI=1S/C24H27ClN2O5S2/c1-24(2,3)32-23(28)27-14-12-16(13-15-27)31-20-9-8-19(17-6-4-5-7-18(17)20)26-34(29,30)22-11-10-21(25)33-22/h4-11,16,26H,12-15H2,1-3H3. The Morgan fingerprint density at radius 1 is 1.06 bits per heavy atom. The van der Waals surface area contributed by atoms with Crippen LogP contribution < -0.4 is 9.46 Å². The van der Waals surface area contributed by atoms with Crippen LogP contribution in [0.3, 0.4) is 0 Å². The molecule has 7 nitrogen and oxygen atoms in total. The Hall–Kier alpha value is -2.49. The summed E-state index contributed by atoms with van der Waals surface area (Å²) in [6.07, 6.45) is 1.00. The van der Waals surface area contributed by atoms with Gasteiger partial charge in [0.25, 0.3) is 10.0 Å². The van der Waals surface area contributed by atoms with Crippen LogP contribution >= 0.6 is 22.9 Å². The zero-order chi connectivity index (χ0) is 24.5. The fraction of sp³-hybridized carbons (Fsp3) is 0.375. The van der Waals surface area contributed by atoms with E-state index < -0.39 is 15.6 Å². The van der Waals surface area contributed by atoms with E-state index in [1.54, 1.807) is 23.1 Å². The molecule has 34 heavy (non-hydrogen) atoms. The van der Waals surface area contributed by atoms with Gasteiger partial charge in [-0.25, -0.2) is 13.2 Å². The number of ether oxygens (including phenoxy) is 2. The van der Waals surface area contributed by atoms with Gasteiger partial charge in [-0.3, -0.25) is 4.72 Å². The fourth-order valence-corrected chi connectivity index (χ4v) is 6.33. The highest BCUT2D eigenvalue weighted by Gasteiger charge is 2.28. The maximum Gasteiger partial charge on any atom is 0.410 e. The first-order chi connectivity index (χ1) is 16.0. The van der Waals surface area contributed by atoms with E-state index in [-0.39, 0.29) is 16.4 Å². The van der Waals surface area contributed by atoms with Crippen LogP contribution in [0.1, 0.15) is 33.6 Å². The van der Waals surface area contributed by atoms with E-state index in [9.17, 15) is 13.2 Å². The molecule has 2 aromatic carbocycles. The second kappa shape index (κ2) is 9.64. The summed E-state index contributed by atoms with van der Waals surface area (Å²) in [6, 6.07) is 14.0. The number of sulfonamides is 1. The number of benzene rings is 2. The molecule has 182 valence electrons. The Labute approximate surface area is 208 Å². The molecule has 2 heterocycles. The number of fused-ring (bicyclic) bond motifs is 1. The van der Waals surface area contributed by atoms with Crippen LogP contribution in [0.2, 0.25) is 4.34 Å². The normalized spacial score (nSPS) is 15.4. The zero-order valence-electron chi connectivity index (χ0n) is 19.2. The van der Waals surface area contributed by atoms with Gasteiger partial charge in [-0.05, 0) is 45.0 Å². The van der Waals surface area contributed by atoms with Gasteiger partial charge in [0, 0.05) is 36.7 Å². The molecular weight excluding hydrogens is 496 g/mol. The van der Waals surface area contributed by atoms with Crippen molar-refractivity contribution >= 4 is 55.5 Å². The first-order valence-electron chi connectivity index (χ1n) is 11.0. The average molecular weight is 523 g/mol. The minimum Gasteiger partial charge on any atom is -0.490 e. The van der Waals surface area contributed by atoms with Crippen LogP contribution in [-0.2, 0) is 14.8 Å². The first kappa shape index (κ1) is 24.6. The van der Waals surface area contributed by atoms with Crippen molar-refractivity contribution in [1.29, 1.82) is 0 Å². The molecule has 1 amide bonds. The summed E-state index contributed by atoms with van der Waals surface area (Å²) >= 11 is 6.92. The van der Waals surface area contributed by atoms with E-state index in [0.717, 1.165) is 22.1 Å². The third kappa shape index (κ3) is 5.76. The number of likely N-dealkylation sites (tertiary alicyclic amines) is 1. The third-order valence-corrected chi connectivity index (χ3v) is 8.42. The Kier molecular flexibility index (Phi) is 6.98. The number of anilines is 1. The monoisotopic (exact) mass is 522 g/mol. The lowest BCUT2D eigenvalue weighted by Gasteiger charge is -2.33. The lowest BCUT2D eigenvalue weighted by Crippen LogP contribution is -2.44. The number of carbonyl (C=O) groups is 1. The molecule has 1 fully saturated rings. The lowest BCUT2D eigenvalue weighted by molar-refractivity contribution is 0.0128. The van der Waals surface area contributed by atoms with Gasteiger partial charge in [0.2, 0.25) is 0 Å². The van der Waals surface area contributed by atoms with Crippen molar-refractivity contribution in [2.24, 2.45) is 0 Å². The molecule has 1 aliphatic rings. The van der Waals surface area contributed by atoms with Crippen LogP contribution in [0.5, 0.6) is 5.75 Å². The molecule has 0 radical (unpaired) electrons. The van der Waals surface area contributed by atoms with Crippen molar-refractivity contribution in [2.75, 3.05) is 17.8 Å². The molecule has 0 bridgehead atoms. The minimum absolute atomic E-state index is 0.0575. The number of piperidine rings is 1. The van der Waals surface area contributed by atoms with Crippen LogP contribution in [0.15, 0.2) is 52.7 Å². The smallest absolute Gasteiger partial charge is 0.410 e. The number of amides is 1. The van der Waals surface area contributed by atoms with Crippen molar-refractivity contribution in [3.05, 3.63) is 52.9 Å². The molecule has 1 aliphatic heterocycles. The molecule has 1 aromatic heterocycles. The van der Waals surface area contributed by atoms with E-state index in [1.807, 2.05) is 45.0 Å². The number of carbonyl (C=O) groups excluding carboxylic acids is 1.